The second kappa shape index (κ2) is 4.51. The van der Waals surface area contributed by atoms with Gasteiger partial charge in [0.05, 0.1) is 13.2 Å². The number of hydrogen-bond acceptors (Lipinski definition) is 4. The van der Waals surface area contributed by atoms with Crippen LogP contribution < -0.4 is 0 Å². The van der Waals surface area contributed by atoms with E-state index in [0.717, 1.165) is 0 Å². The van der Waals surface area contributed by atoms with Crippen molar-refractivity contribution in [3.8, 4) is 0 Å². The summed E-state index contributed by atoms with van der Waals surface area (Å²) in [5.74, 6) is -1.54. The van der Waals surface area contributed by atoms with Gasteiger partial charge < -0.3 is 14.2 Å². The van der Waals surface area contributed by atoms with Crippen molar-refractivity contribution in [2.75, 3.05) is 19.8 Å². The van der Waals surface area contributed by atoms with Gasteiger partial charge in [-0.05, 0) is 38.0 Å². The van der Waals surface area contributed by atoms with Crippen LogP contribution >= 0.6 is 7.60 Å². The molecule has 0 aromatic heterocycles. The molecule has 0 saturated heterocycles. The Balaban J connectivity index is 2.21. The summed E-state index contributed by atoms with van der Waals surface area (Å²) < 4.78 is 50.5. The van der Waals surface area contributed by atoms with Crippen molar-refractivity contribution in [1.29, 1.82) is 0 Å². The standard InChI is InChI=1S/C11H19F2O4P/c1-3-16-18(15,17-4-2)11(12,13)9-8(7-14)10(9)5-6-10/h8-9,14H,3-7H2,1-2H3/t8-,9-/m0/s1. The summed E-state index contributed by atoms with van der Waals surface area (Å²) in [7, 11) is -4.45. The lowest BCUT2D eigenvalue weighted by Crippen LogP contribution is -2.25. The summed E-state index contributed by atoms with van der Waals surface area (Å²) in [4.78, 5) is 0. The Morgan fingerprint density at radius 3 is 2.11 bits per heavy atom. The first kappa shape index (κ1) is 14.4. The van der Waals surface area contributed by atoms with Gasteiger partial charge in [0.1, 0.15) is 0 Å². The fraction of sp³-hybridized carbons (Fsp3) is 1.00. The Hall–Kier alpha value is -0.0300. The first-order chi connectivity index (χ1) is 8.39. The lowest BCUT2D eigenvalue weighted by molar-refractivity contribution is 0.00847. The largest absolute Gasteiger partial charge is 0.399 e. The summed E-state index contributed by atoms with van der Waals surface area (Å²) in [6.07, 6.45) is 1.33. The van der Waals surface area contributed by atoms with Gasteiger partial charge in [-0.2, -0.15) is 8.78 Å². The summed E-state index contributed by atoms with van der Waals surface area (Å²) in [6.45, 7) is 2.54. The minimum Gasteiger partial charge on any atom is -0.396 e. The molecule has 1 spiro atoms. The Kier molecular flexibility index (Phi) is 3.61. The van der Waals surface area contributed by atoms with Crippen LogP contribution in [0.3, 0.4) is 0 Å². The first-order valence-corrected chi connectivity index (χ1v) is 7.81. The van der Waals surface area contributed by atoms with E-state index in [1.165, 1.54) is 13.8 Å². The molecular formula is C11H19F2O4P. The molecule has 0 aromatic rings. The lowest BCUT2D eigenvalue weighted by atomic mass is 10.3. The van der Waals surface area contributed by atoms with E-state index >= 15 is 0 Å². The molecule has 2 aliphatic rings. The zero-order valence-electron chi connectivity index (χ0n) is 10.6. The molecule has 4 nitrogen and oxygen atoms in total. The van der Waals surface area contributed by atoms with Crippen molar-refractivity contribution in [2.45, 2.75) is 32.4 Å². The van der Waals surface area contributed by atoms with Gasteiger partial charge >= 0.3 is 13.3 Å². The summed E-state index contributed by atoms with van der Waals surface area (Å²) in [5.41, 5.74) is -4.02. The van der Waals surface area contributed by atoms with E-state index in [-0.39, 0.29) is 19.8 Å². The van der Waals surface area contributed by atoms with Gasteiger partial charge in [-0.3, -0.25) is 4.57 Å². The zero-order chi connectivity index (χ0) is 13.6. The van der Waals surface area contributed by atoms with E-state index in [9.17, 15) is 13.3 Å². The van der Waals surface area contributed by atoms with Crippen LogP contribution in [0.2, 0.25) is 0 Å². The highest BCUT2D eigenvalue weighted by atomic mass is 31.2. The molecule has 2 rings (SSSR count). The fourth-order valence-corrected chi connectivity index (χ4v) is 4.87. The van der Waals surface area contributed by atoms with Gasteiger partial charge in [0, 0.05) is 12.5 Å². The third-order valence-electron chi connectivity index (χ3n) is 4.01. The average Bonchev–Trinajstić information content (AvgIpc) is 3.18. The summed E-state index contributed by atoms with van der Waals surface area (Å²) in [5, 5.41) is 9.14. The minimum absolute atomic E-state index is 0.0869. The van der Waals surface area contributed by atoms with Crippen LogP contribution in [0.25, 0.3) is 0 Å². The Morgan fingerprint density at radius 2 is 1.83 bits per heavy atom. The Bertz CT molecular complexity index is 360. The van der Waals surface area contributed by atoms with Crippen LogP contribution in [-0.2, 0) is 13.6 Å². The number of hydrogen-bond donors (Lipinski definition) is 1. The predicted molar refractivity (Wildman–Crippen MR) is 61.5 cm³/mol. The van der Waals surface area contributed by atoms with Crippen molar-refractivity contribution < 1.29 is 27.5 Å². The molecule has 0 bridgehead atoms. The molecule has 18 heavy (non-hydrogen) atoms. The quantitative estimate of drug-likeness (QED) is 0.730. The predicted octanol–water partition coefficient (Wildman–Crippen LogP) is 2.86. The molecule has 2 atom stereocenters. The maximum absolute atomic E-state index is 14.4. The van der Waals surface area contributed by atoms with Crippen molar-refractivity contribution in [2.24, 2.45) is 17.3 Å². The Labute approximate surface area is 105 Å². The smallest absolute Gasteiger partial charge is 0.396 e. The molecule has 0 aromatic carbocycles. The SMILES string of the molecule is CCOP(=O)(OCC)C(F)(F)[C@H]1[C@H](CO)C12CC2. The van der Waals surface area contributed by atoms with Crippen LogP contribution in [0.15, 0.2) is 0 Å². The third-order valence-corrected chi connectivity index (χ3v) is 6.22. The molecule has 2 fully saturated rings. The number of aliphatic hydroxyl groups excluding tert-OH is 1. The van der Waals surface area contributed by atoms with Crippen molar-refractivity contribution >= 4 is 7.60 Å². The van der Waals surface area contributed by atoms with Crippen LogP contribution in [-0.4, -0.2) is 30.6 Å². The molecule has 2 aliphatic carbocycles. The van der Waals surface area contributed by atoms with Crippen LogP contribution in [0.1, 0.15) is 26.7 Å². The maximum atomic E-state index is 14.4. The van der Waals surface area contributed by atoms with Gasteiger partial charge in [-0.15, -0.1) is 0 Å². The van der Waals surface area contributed by atoms with Crippen molar-refractivity contribution in [3.05, 3.63) is 0 Å². The summed E-state index contributed by atoms with van der Waals surface area (Å²) in [6, 6.07) is 0. The molecule has 0 aliphatic heterocycles. The summed E-state index contributed by atoms with van der Waals surface area (Å²) >= 11 is 0. The highest BCUT2D eigenvalue weighted by Crippen LogP contribution is 2.84. The monoisotopic (exact) mass is 284 g/mol. The van der Waals surface area contributed by atoms with Crippen molar-refractivity contribution in [1.82, 2.24) is 0 Å². The van der Waals surface area contributed by atoms with Crippen LogP contribution in [0, 0.1) is 17.3 Å². The van der Waals surface area contributed by atoms with E-state index < -0.39 is 30.5 Å². The van der Waals surface area contributed by atoms with Gasteiger partial charge in [0.25, 0.3) is 0 Å². The van der Waals surface area contributed by atoms with E-state index in [1.807, 2.05) is 0 Å². The number of rotatable bonds is 7. The van der Waals surface area contributed by atoms with Gasteiger partial charge in [-0.1, -0.05) is 0 Å². The van der Waals surface area contributed by atoms with Crippen LogP contribution in [0.5, 0.6) is 0 Å². The molecule has 0 radical (unpaired) electrons. The van der Waals surface area contributed by atoms with E-state index in [1.54, 1.807) is 0 Å². The molecule has 7 heteroatoms. The van der Waals surface area contributed by atoms with Crippen LogP contribution in [0.4, 0.5) is 8.78 Å². The second-order valence-corrected chi connectivity index (χ2v) is 7.03. The zero-order valence-corrected chi connectivity index (χ0v) is 11.5. The maximum Gasteiger partial charge on any atom is 0.399 e. The number of aliphatic hydroxyl groups is 1. The van der Waals surface area contributed by atoms with Gasteiger partial charge in [0.2, 0.25) is 0 Å². The van der Waals surface area contributed by atoms with Gasteiger partial charge in [-0.25, -0.2) is 0 Å². The Morgan fingerprint density at radius 1 is 1.33 bits per heavy atom. The molecule has 0 amide bonds. The first-order valence-electron chi connectivity index (χ1n) is 6.27. The second-order valence-electron chi connectivity index (χ2n) is 4.92. The molecule has 106 valence electrons. The molecule has 2 saturated carbocycles. The number of alkyl halides is 2. The van der Waals surface area contributed by atoms with E-state index in [0.29, 0.717) is 12.8 Å². The van der Waals surface area contributed by atoms with E-state index in [2.05, 4.69) is 0 Å². The topological polar surface area (TPSA) is 55.8 Å². The molecule has 0 heterocycles. The molecular weight excluding hydrogens is 265 g/mol. The average molecular weight is 284 g/mol. The highest BCUT2D eigenvalue weighted by Gasteiger charge is 2.83. The molecule has 1 N–H and O–H groups in total. The number of halogens is 2. The molecule has 0 unspecified atom stereocenters. The normalized spacial score (nSPS) is 29.6. The third kappa shape index (κ3) is 1.85. The minimum atomic E-state index is -4.45. The van der Waals surface area contributed by atoms with E-state index in [4.69, 9.17) is 14.2 Å². The van der Waals surface area contributed by atoms with Gasteiger partial charge in [0.15, 0.2) is 0 Å². The fourth-order valence-electron chi connectivity index (χ4n) is 3.00. The lowest BCUT2D eigenvalue weighted by Gasteiger charge is -2.26. The van der Waals surface area contributed by atoms with Crippen molar-refractivity contribution in [3.63, 3.8) is 0 Å². The highest BCUT2D eigenvalue weighted by molar-refractivity contribution is 7.55.